The van der Waals surface area contributed by atoms with Crippen LogP contribution in [0.1, 0.15) is 12.7 Å². The molecule has 0 aliphatic carbocycles. The zero-order valence-electron chi connectivity index (χ0n) is 11.0. The van der Waals surface area contributed by atoms with Gasteiger partial charge in [0.15, 0.2) is 0 Å². The predicted octanol–water partition coefficient (Wildman–Crippen LogP) is -0.588. The lowest BCUT2D eigenvalue weighted by molar-refractivity contribution is -0.134. The van der Waals surface area contributed by atoms with Crippen molar-refractivity contribution in [1.29, 1.82) is 0 Å². The van der Waals surface area contributed by atoms with E-state index < -0.39 is 6.04 Å². The third kappa shape index (κ3) is 2.88. The SMILES string of the molecule is C[C@@H](N)C(=O)N1CCN(Cc2nccn2C)CC1. The van der Waals surface area contributed by atoms with Gasteiger partial charge in [-0.05, 0) is 6.92 Å². The van der Waals surface area contributed by atoms with Gasteiger partial charge in [0.25, 0.3) is 0 Å². The summed E-state index contributed by atoms with van der Waals surface area (Å²) in [4.78, 5) is 20.2. The second-order valence-electron chi connectivity index (χ2n) is 4.84. The van der Waals surface area contributed by atoms with Crippen LogP contribution in [0.3, 0.4) is 0 Å². The minimum Gasteiger partial charge on any atom is -0.339 e. The third-order valence-corrected chi connectivity index (χ3v) is 3.36. The van der Waals surface area contributed by atoms with Gasteiger partial charge in [0.1, 0.15) is 5.82 Å². The molecule has 6 heteroatoms. The molecule has 0 bridgehead atoms. The summed E-state index contributed by atoms with van der Waals surface area (Å²) < 4.78 is 2.03. The van der Waals surface area contributed by atoms with E-state index in [0.717, 1.165) is 38.5 Å². The molecule has 0 spiro atoms. The van der Waals surface area contributed by atoms with Gasteiger partial charge >= 0.3 is 0 Å². The Balaban J connectivity index is 1.84. The molecule has 0 aromatic carbocycles. The molecule has 0 saturated carbocycles. The van der Waals surface area contributed by atoms with Crippen LogP contribution in [-0.4, -0.2) is 57.5 Å². The largest absolute Gasteiger partial charge is 0.339 e. The fourth-order valence-electron chi connectivity index (χ4n) is 2.16. The van der Waals surface area contributed by atoms with Gasteiger partial charge in [-0.1, -0.05) is 0 Å². The van der Waals surface area contributed by atoms with Gasteiger partial charge in [0.2, 0.25) is 5.91 Å². The second kappa shape index (κ2) is 5.49. The summed E-state index contributed by atoms with van der Waals surface area (Å²) in [5.41, 5.74) is 5.61. The third-order valence-electron chi connectivity index (χ3n) is 3.36. The number of nitrogens with zero attached hydrogens (tertiary/aromatic N) is 4. The number of hydrogen-bond acceptors (Lipinski definition) is 4. The molecule has 2 heterocycles. The molecule has 1 aliphatic heterocycles. The Bertz CT molecular complexity index is 406. The molecule has 0 radical (unpaired) electrons. The van der Waals surface area contributed by atoms with E-state index in [1.54, 1.807) is 6.92 Å². The van der Waals surface area contributed by atoms with Gasteiger partial charge < -0.3 is 15.2 Å². The highest BCUT2D eigenvalue weighted by atomic mass is 16.2. The van der Waals surface area contributed by atoms with Crippen molar-refractivity contribution < 1.29 is 4.79 Å². The second-order valence-corrected chi connectivity index (χ2v) is 4.84. The highest BCUT2D eigenvalue weighted by Gasteiger charge is 2.23. The molecule has 2 rings (SSSR count). The lowest BCUT2D eigenvalue weighted by atomic mass is 10.2. The van der Waals surface area contributed by atoms with Gasteiger partial charge in [-0.2, -0.15) is 0 Å². The van der Waals surface area contributed by atoms with E-state index >= 15 is 0 Å². The molecule has 1 aromatic rings. The van der Waals surface area contributed by atoms with Crippen LogP contribution in [0, 0.1) is 0 Å². The van der Waals surface area contributed by atoms with Crippen LogP contribution in [-0.2, 0) is 18.4 Å². The number of amides is 1. The van der Waals surface area contributed by atoms with Crippen molar-refractivity contribution in [1.82, 2.24) is 19.4 Å². The Hall–Kier alpha value is -1.40. The number of carbonyl (C=O) groups is 1. The summed E-state index contributed by atoms with van der Waals surface area (Å²) in [6, 6.07) is -0.397. The Morgan fingerprint density at radius 3 is 2.61 bits per heavy atom. The normalized spacial score (nSPS) is 18.9. The first-order valence-corrected chi connectivity index (χ1v) is 6.31. The van der Waals surface area contributed by atoms with Crippen LogP contribution in [0.15, 0.2) is 12.4 Å². The van der Waals surface area contributed by atoms with Crippen molar-refractivity contribution in [3.05, 3.63) is 18.2 Å². The molecule has 6 nitrogen and oxygen atoms in total. The van der Waals surface area contributed by atoms with Gasteiger partial charge in [0, 0.05) is 45.6 Å². The maximum absolute atomic E-state index is 11.7. The average Bonchev–Trinajstić information content (AvgIpc) is 2.75. The Kier molecular flexibility index (Phi) is 3.98. The van der Waals surface area contributed by atoms with Crippen molar-refractivity contribution in [3.63, 3.8) is 0 Å². The van der Waals surface area contributed by atoms with E-state index in [9.17, 15) is 4.79 Å². The van der Waals surface area contributed by atoms with E-state index in [2.05, 4.69) is 9.88 Å². The van der Waals surface area contributed by atoms with E-state index in [1.165, 1.54) is 0 Å². The Labute approximate surface area is 107 Å². The molecule has 18 heavy (non-hydrogen) atoms. The summed E-state index contributed by atoms with van der Waals surface area (Å²) in [7, 11) is 2.00. The fraction of sp³-hybridized carbons (Fsp3) is 0.667. The van der Waals surface area contributed by atoms with E-state index in [4.69, 9.17) is 5.73 Å². The number of aromatic nitrogens is 2. The first-order chi connectivity index (χ1) is 8.58. The molecule has 0 unspecified atom stereocenters. The number of imidazole rings is 1. The molecule has 1 atom stereocenters. The van der Waals surface area contributed by atoms with E-state index in [-0.39, 0.29) is 5.91 Å². The highest BCUT2D eigenvalue weighted by molar-refractivity contribution is 5.81. The van der Waals surface area contributed by atoms with E-state index in [0.29, 0.717) is 0 Å². The van der Waals surface area contributed by atoms with Crippen LogP contribution < -0.4 is 5.73 Å². The van der Waals surface area contributed by atoms with E-state index in [1.807, 2.05) is 28.9 Å². The minimum absolute atomic E-state index is 0.0478. The molecule has 1 amide bonds. The molecule has 1 aliphatic rings. The topological polar surface area (TPSA) is 67.4 Å². The van der Waals surface area contributed by atoms with Crippen LogP contribution in [0.5, 0.6) is 0 Å². The van der Waals surface area contributed by atoms with Crippen molar-refractivity contribution in [3.8, 4) is 0 Å². The number of rotatable bonds is 3. The molecule has 2 N–H and O–H groups in total. The van der Waals surface area contributed by atoms with Crippen LogP contribution in [0.4, 0.5) is 0 Å². The summed E-state index contributed by atoms with van der Waals surface area (Å²) in [6.07, 6.45) is 3.76. The van der Waals surface area contributed by atoms with Gasteiger partial charge in [0.05, 0.1) is 12.6 Å². The summed E-state index contributed by atoms with van der Waals surface area (Å²) >= 11 is 0. The lowest BCUT2D eigenvalue weighted by Gasteiger charge is -2.35. The van der Waals surface area contributed by atoms with Crippen molar-refractivity contribution in [2.24, 2.45) is 12.8 Å². The average molecular weight is 251 g/mol. The predicted molar refractivity (Wildman–Crippen MR) is 68.7 cm³/mol. The fourth-order valence-corrected chi connectivity index (χ4v) is 2.16. The number of hydrogen-bond donors (Lipinski definition) is 1. The van der Waals surface area contributed by atoms with Crippen molar-refractivity contribution >= 4 is 5.91 Å². The maximum Gasteiger partial charge on any atom is 0.239 e. The molecule has 100 valence electrons. The number of carbonyl (C=O) groups excluding carboxylic acids is 1. The standard InChI is InChI=1S/C12H21N5O/c1-10(13)12(18)17-7-5-16(6-8-17)9-11-14-3-4-15(11)2/h3-4,10H,5-9,13H2,1-2H3/t10-/m1/s1. The Morgan fingerprint density at radius 1 is 1.44 bits per heavy atom. The van der Waals surface area contributed by atoms with Crippen LogP contribution >= 0.6 is 0 Å². The highest BCUT2D eigenvalue weighted by Crippen LogP contribution is 2.07. The van der Waals surface area contributed by atoms with Gasteiger partial charge in [-0.25, -0.2) is 4.98 Å². The summed E-state index contributed by atoms with van der Waals surface area (Å²) in [6.45, 7) is 5.85. The quantitative estimate of drug-likeness (QED) is 0.780. The lowest BCUT2D eigenvalue weighted by Crippen LogP contribution is -2.52. The van der Waals surface area contributed by atoms with Gasteiger partial charge in [-0.3, -0.25) is 9.69 Å². The monoisotopic (exact) mass is 251 g/mol. The molecular weight excluding hydrogens is 230 g/mol. The number of nitrogens with two attached hydrogens (primary N) is 1. The zero-order chi connectivity index (χ0) is 13.1. The summed E-state index contributed by atoms with van der Waals surface area (Å²) in [5.74, 6) is 1.11. The zero-order valence-corrected chi connectivity index (χ0v) is 11.0. The number of aryl methyl sites for hydroxylation is 1. The molecule has 1 aromatic heterocycles. The molecule has 1 fully saturated rings. The first-order valence-electron chi connectivity index (χ1n) is 6.31. The van der Waals surface area contributed by atoms with Gasteiger partial charge in [-0.15, -0.1) is 0 Å². The maximum atomic E-state index is 11.7. The Morgan fingerprint density at radius 2 is 2.11 bits per heavy atom. The first kappa shape index (κ1) is 13.0. The summed E-state index contributed by atoms with van der Waals surface area (Å²) in [5, 5.41) is 0. The molecular formula is C12H21N5O. The minimum atomic E-state index is -0.397. The van der Waals surface area contributed by atoms with Crippen LogP contribution in [0.2, 0.25) is 0 Å². The number of piperazine rings is 1. The van der Waals surface area contributed by atoms with Crippen LogP contribution in [0.25, 0.3) is 0 Å². The molecule has 1 saturated heterocycles. The van der Waals surface area contributed by atoms with Crippen molar-refractivity contribution in [2.45, 2.75) is 19.5 Å². The van der Waals surface area contributed by atoms with Crippen molar-refractivity contribution in [2.75, 3.05) is 26.2 Å². The smallest absolute Gasteiger partial charge is 0.239 e.